The highest BCUT2D eigenvalue weighted by molar-refractivity contribution is 7.67. The lowest BCUT2D eigenvalue weighted by Gasteiger charge is -2.08. The first-order valence-electron chi connectivity index (χ1n) is 4.08. The molecule has 5 heteroatoms. The zero-order chi connectivity index (χ0) is 10.6. The van der Waals surface area contributed by atoms with Crippen molar-refractivity contribution in [3.8, 4) is 5.75 Å². The summed E-state index contributed by atoms with van der Waals surface area (Å²) in [6, 6.07) is 7.05. The highest BCUT2D eigenvalue weighted by Gasteiger charge is 2.06. The molecule has 1 unspecified atom stereocenters. The van der Waals surface area contributed by atoms with E-state index in [1.54, 1.807) is 38.3 Å². The van der Waals surface area contributed by atoms with Crippen LogP contribution in [0.1, 0.15) is 18.6 Å². The molecule has 1 rings (SSSR count). The van der Waals surface area contributed by atoms with Gasteiger partial charge in [0, 0.05) is 0 Å². The van der Waals surface area contributed by atoms with E-state index in [0.717, 1.165) is 11.3 Å². The van der Waals surface area contributed by atoms with Crippen molar-refractivity contribution in [2.75, 3.05) is 7.11 Å². The average Bonchev–Trinajstić information content (AvgIpc) is 2.17. The zero-order valence-electron chi connectivity index (χ0n) is 7.97. The van der Waals surface area contributed by atoms with Crippen molar-refractivity contribution in [2.45, 2.75) is 13.0 Å². The second kappa shape index (κ2) is 4.97. The van der Waals surface area contributed by atoms with Gasteiger partial charge < -0.3 is 4.74 Å². The fraction of sp³-hybridized carbons (Fsp3) is 0.333. The van der Waals surface area contributed by atoms with Gasteiger partial charge in [-0.25, -0.2) is 8.42 Å². The number of benzene rings is 1. The molecule has 4 nitrogen and oxygen atoms in total. The zero-order valence-corrected chi connectivity index (χ0v) is 8.86. The first kappa shape index (κ1) is 11.0. The summed E-state index contributed by atoms with van der Waals surface area (Å²) in [5.41, 5.74) is 0.796. The van der Waals surface area contributed by atoms with Gasteiger partial charge in [0.2, 0.25) is 0 Å². The van der Waals surface area contributed by atoms with Crippen molar-refractivity contribution in [3.05, 3.63) is 29.8 Å². The third-order valence-corrected chi connectivity index (χ3v) is 2.32. The van der Waals surface area contributed by atoms with E-state index in [0.29, 0.717) is 0 Å². The summed E-state index contributed by atoms with van der Waals surface area (Å²) in [4.78, 5) is 0. The first-order chi connectivity index (χ1) is 6.63. The van der Waals surface area contributed by atoms with Crippen LogP contribution in [0.25, 0.3) is 0 Å². The summed E-state index contributed by atoms with van der Waals surface area (Å²) < 4.78 is 30.2. The van der Waals surface area contributed by atoms with Gasteiger partial charge >= 0.3 is 0 Å². The summed E-state index contributed by atoms with van der Waals surface area (Å²) in [5.74, 6) is 0.729. The summed E-state index contributed by atoms with van der Waals surface area (Å²) in [6.07, 6.45) is -0.456. The van der Waals surface area contributed by atoms with Crippen molar-refractivity contribution < 1.29 is 17.3 Å². The van der Waals surface area contributed by atoms with E-state index in [9.17, 15) is 8.42 Å². The summed E-state index contributed by atoms with van der Waals surface area (Å²) in [6.45, 7) is 1.67. The van der Waals surface area contributed by atoms with Gasteiger partial charge in [0.05, 0.1) is 13.2 Å². The summed E-state index contributed by atoms with van der Waals surface area (Å²) in [7, 11) is -1.23. The SMILES string of the molecule is COc1ccc(C(C)O[SH](=O)=O)cc1. The third kappa shape index (κ3) is 3.01. The van der Waals surface area contributed by atoms with Crippen LogP contribution in [0, 0.1) is 0 Å². The number of ether oxygens (including phenoxy) is 1. The molecule has 0 aliphatic carbocycles. The molecule has 0 fully saturated rings. The molecule has 1 aromatic carbocycles. The standard InChI is InChI=1S/C9H12O4S/c1-7(13-14(10)11)8-3-5-9(12-2)6-4-8/h3-7,14H,1-2H3. The molecule has 0 aliphatic heterocycles. The molecular weight excluding hydrogens is 204 g/mol. The molecule has 1 aromatic rings. The molecule has 0 N–H and O–H groups in total. The molecule has 0 aromatic heterocycles. The van der Waals surface area contributed by atoms with Crippen LogP contribution in [0.3, 0.4) is 0 Å². The predicted octanol–water partition coefficient (Wildman–Crippen LogP) is 1.30. The lowest BCUT2D eigenvalue weighted by atomic mass is 10.1. The smallest absolute Gasteiger partial charge is 0.257 e. The van der Waals surface area contributed by atoms with Gasteiger partial charge in [-0.2, -0.15) is 0 Å². The Balaban J connectivity index is 2.75. The van der Waals surface area contributed by atoms with E-state index < -0.39 is 17.1 Å². The van der Waals surface area contributed by atoms with E-state index in [1.165, 1.54) is 0 Å². The number of hydrogen-bond donors (Lipinski definition) is 1. The Bertz CT molecular complexity index is 348. The second-order valence-electron chi connectivity index (χ2n) is 2.74. The quantitative estimate of drug-likeness (QED) is 0.771. The van der Waals surface area contributed by atoms with Crippen molar-refractivity contribution >= 4 is 11.0 Å². The van der Waals surface area contributed by atoms with Crippen LogP contribution in [-0.4, -0.2) is 15.5 Å². The topological polar surface area (TPSA) is 52.6 Å². The normalized spacial score (nSPS) is 12.8. The maximum Gasteiger partial charge on any atom is 0.257 e. The van der Waals surface area contributed by atoms with E-state index in [-0.39, 0.29) is 0 Å². The Morgan fingerprint density at radius 1 is 1.21 bits per heavy atom. The van der Waals surface area contributed by atoms with E-state index in [4.69, 9.17) is 4.74 Å². The van der Waals surface area contributed by atoms with E-state index in [2.05, 4.69) is 4.18 Å². The van der Waals surface area contributed by atoms with Gasteiger partial charge in [-0.05, 0) is 24.6 Å². The van der Waals surface area contributed by atoms with Crippen molar-refractivity contribution in [3.63, 3.8) is 0 Å². The Kier molecular flexibility index (Phi) is 3.91. The molecule has 0 heterocycles. The number of thiol groups is 1. The highest BCUT2D eigenvalue weighted by atomic mass is 32.2. The Hall–Kier alpha value is -1.07. The molecule has 78 valence electrons. The molecule has 1 atom stereocenters. The van der Waals surface area contributed by atoms with Gasteiger partial charge in [-0.3, -0.25) is 4.18 Å². The minimum absolute atomic E-state index is 0.456. The maximum absolute atomic E-state index is 10.3. The van der Waals surface area contributed by atoms with Crippen molar-refractivity contribution in [2.24, 2.45) is 0 Å². The van der Waals surface area contributed by atoms with Gasteiger partial charge in [0.15, 0.2) is 0 Å². The largest absolute Gasteiger partial charge is 0.497 e. The molecule has 14 heavy (non-hydrogen) atoms. The summed E-state index contributed by atoms with van der Waals surface area (Å²) >= 11 is 0. The van der Waals surface area contributed by atoms with E-state index >= 15 is 0 Å². The van der Waals surface area contributed by atoms with Gasteiger partial charge in [0.1, 0.15) is 5.75 Å². The molecule has 0 saturated heterocycles. The Labute approximate surface area is 84.6 Å². The highest BCUT2D eigenvalue weighted by Crippen LogP contribution is 2.19. The average molecular weight is 216 g/mol. The minimum Gasteiger partial charge on any atom is -0.497 e. The van der Waals surface area contributed by atoms with Gasteiger partial charge in [-0.1, -0.05) is 12.1 Å². The molecule has 0 aliphatic rings. The lowest BCUT2D eigenvalue weighted by molar-refractivity contribution is 0.245. The molecule has 0 saturated carbocycles. The number of hydrogen-bond acceptors (Lipinski definition) is 4. The van der Waals surface area contributed by atoms with E-state index in [1.807, 2.05) is 0 Å². The summed E-state index contributed by atoms with van der Waals surface area (Å²) in [5, 5.41) is 0. The lowest BCUT2D eigenvalue weighted by Crippen LogP contribution is -1.98. The fourth-order valence-electron chi connectivity index (χ4n) is 1.06. The van der Waals surface area contributed by atoms with Crippen LogP contribution < -0.4 is 4.74 Å². The number of methoxy groups -OCH3 is 1. The molecule has 0 amide bonds. The van der Waals surface area contributed by atoms with Crippen LogP contribution in [0.4, 0.5) is 0 Å². The van der Waals surface area contributed by atoms with Crippen LogP contribution in [-0.2, 0) is 15.2 Å². The van der Waals surface area contributed by atoms with Crippen LogP contribution >= 0.6 is 0 Å². The van der Waals surface area contributed by atoms with Gasteiger partial charge in [0.25, 0.3) is 11.0 Å². The molecular formula is C9H12O4S. The Morgan fingerprint density at radius 2 is 1.79 bits per heavy atom. The van der Waals surface area contributed by atoms with Crippen molar-refractivity contribution in [1.29, 1.82) is 0 Å². The molecule has 0 bridgehead atoms. The third-order valence-electron chi connectivity index (χ3n) is 1.83. The maximum atomic E-state index is 10.3. The Morgan fingerprint density at radius 3 is 2.21 bits per heavy atom. The molecule has 0 spiro atoms. The monoisotopic (exact) mass is 216 g/mol. The predicted molar refractivity (Wildman–Crippen MR) is 52.8 cm³/mol. The first-order valence-corrected chi connectivity index (χ1v) is 5.18. The van der Waals surface area contributed by atoms with Crippen LogP contribution in [0.15, 0.2) is 24.3 Å². The van der Waals surface area contributed by atoms with Crippen molar-refractivity contribution in [1.82, 2.24) is 0 Å². The minimum atomic E-state index is -2.81. The van der Waals surface area contributed by atoms with Gasteiger partial charge in [-0.15, -0.1) is 0 Å². The number of rotatable bonds is 4. The van der Waals surface area contributed by atoms with Crippen LogP contribution in [0.2, 0.25) is 0 Å². The second-order valence-corrected chi connectivity index (χ2v) is 3.40. The fourth-order valence-corrected chi connectivity index (χ4v) is 1.44. The van der Waals surface area contributed by atoms with Crippen LogP contribution in [0.5, 0.6) is 5.75 Å². The molecule has 0 radical (unpaired) electrons.